The number of aromatic hydroxyl groups is 1. The van der Waals surface area contributed by atoms with Crippen LogP contribution in [0.1, 0.15) is 16.7 Å². The predicted molar refractivity (Wildman–Crippen MR) is 122 cm³/mol. The minimum absolute atomic E-state index is 0.0386. The van der Waals surface area contributed by atoms with Gasteiger partial charge in [-0.05, 0) is 23.8 Å². The van der Waals surface area contributed by atoms with Crippen LogP contribution in [0.4, 0.5) is 5.69 Å². The summed E-state index contributed by atoms with van der Waals surface area (Å²) >= 11 is 0. The first-order valence-corrected chi connectivity index (χ1v) is 9.94. The van der Waals surface area contributed by atoms with Crippen LogP contribution in [0.3, 0.4) is 0 Å². The molecule has 31 heavy (non-hydrogen) atoms. The molecule has 0 spiro atoms. The molecule has 1 amide bonds. The molecule has 4 aromatic rings. The van der Waals surface area contributed by atoms with Crippen molar-refractivity contribution >= 4 is 28.2 Å². The van der Waals surface area contributed by atoms with E-state index in [2.05, 4.69) is 10.3 Å². The zero-order valence-corrected chi connectivity index (χ0v) is 17.1. The molecule has 4 rings (SSSR count). The van der Waals surface area contributed by atoms with Crippen molar-refractivity contribution in [2.75, 3.05) is 13.7 Å². The summed E-state index contributed by atoms with van der Waals surface area (Å²) in [6.07, 6.45) is 0. The Balaban J connectivity index is 1.70. The molecule has 0 bridgehead atoms. The third-order valence-corrected chi connectivity index (χ3v) is 4.91. The average molecular weight is 413 g/mol. The molecule has 156 valence electrons. The summed E-state index contributed by atoms with van der Waals surface area (Å²) in [6, 6.07) is 25.2. The predicted octanol–water partition coefficient (Wildman–Crippen LogP) is 4.31. The van der Waals surface area contributed by atoms with Crippen LogP contribution in [0.2, 0.25) is 0 Å². The standard InChI is InChI=1S/C25H23N3O3/c1-31-16-22(29)26-15-17-11-13-19(14-12-17)27-24(18-7-3-2-4-8-18)23-20-9-5-6-10-21(20)28-25(23)30/h2-14,28,30H,15-16H2,1H3,(H,26,29). The van der Waals surface area contributed by atoms with Crippen molar-refractivity contribution in [3.05, 3.63) is 95.6 Å². The highest BCUT2D eigenvalue weighted by Gasteiger charge is 2.18. The van der Waals surface area contributed by atoms with Gasteiger partial charge in [0.05, 0.1) is 17.0 Å². The van der Waals surface area contributed by atoms with E-state index in [1.165, 1.54) is 7.11 Å². The summed E-state index contributed by atoms with van der Waals surface area (Å²) < 4.78 is 4.82. The highest BCUT2D eigenvalue weighted by molar-refractivity contribution is 6.21. The number of rotatable bonds is 7. The molecule has 0 saturated carbocycles. The number of para-hydroxylation sites is 1. The fraction of sp³-hybridized carbons (Fsp3) is 0.120. The van der Waals surface area contributed by atoms with Crippen LogP contribution in [0.15, 0.2) is 83.9 Å². The zero-order chi connectivity index (χ0) is 21.6. The first kappa shape index (κ1) is 20.4. The van der Waals surface area contributed by atoms with E-state index >= 15 is 0 Å². The van der Waals surface area contributed by atoms with Crippen molar-refractivity contribution in [1.82, 2.24) is 10.3 Å². The summed E-state index contributed by atoms with van der Waals surface area (Å²) in [6.45, 7) is 0.456. The Morgan fingerprint density at radius 3 is 2.45 bits per heavy atom. The van der Waals surface area contributed by atoms with Crippen LogP contribution in [0, 0.1) is 0 Å². The topological polar surface area (TPSA) is 86.7 Å². The van der Waals surface area contributed by atoms with Gasteiger partial charge in [0, 0.05) is 30.1 Å². The first-order valence-electron chi connectivity index (χ1n) is 9.94. The van der Waals surface area contributed by atoms with Gasteiger partial charge in [-0.25, -0.2) is 4.99 Å². The van der Waals surface area contributed by atoms with Gasteiger partial charge < -0.3 is 20.1 Å². The molecule has 0 aliphatic heterocycles. The minimum atomic E-state index is -0.161. The Kier molecular flexibility index (Phi) is 6.10. The Labute approximate surface area is 180 Å². The number of amides is 1. The summed E-state index contributed by atoms with van der Waals surface area (Å²) in [4.78, 5) is 19.5. The minimum Gasteiger partial charge on any atom is -0.494 e. The number of nitrogens with one attached hydrogen (secondary N) is 2. The van der Waals surface area contributed by atoms with Gasteiger partial charge in [-0.1, -0.05) is 60.7 Å². The van der Waals surface area contributed by atoms with Crippen molar-refractivity contribution in [3.8, 4) is 5.88 Å². The van der Waals surface area contributed by atoms with Crippen molar-refractivity contribution in [2.45, 2.75) is 6.54 Å². The van der Waals surface area contributed by atoms with Crippen LogP contribution in [-0.2, 0) is 16.1 Å². The van der Waals surface area contributed by atoms with Gasteiger partial charge in [0.25, 0.3) is 0 Å². The number of benzene rings is 3. The number of carbonyl (C=O) groups is 1. The zero-order valence-electron chi connectivity index (χ0n) is 17.1. The number of fused-ring (bicyclic) bond motifs is 1. The lowest BCUT2D eigenvalue weighted by atomic mass is 10.0. The molecule has 3 N–H and O–H groups in total. The Hall–Kier alpha value is -3.90. The number of hydrogen-bond donors (Lipinski definition) is 3. The number of ether oxygens (including phenoxy) is 1. The number of nitrogens with zero attached hydrogens (tertiary/aromatic N) is 1. The van der Waals surface area contributed by atoms with Crippen LogP contribution >= 0.6 is 0 Å². The number of carbonyl (C=O) groups excluding carboxylic acids is 1. The van der Waals surface area contributed by atoms with Gasteiger partial charge in [0.2, 0.25) is 5.91 Å². The SMILES string of the molecule is COCC(=O)NCc1ccc(N=C(c2ccccc2)c2c(O)[nH]c3ccccc23)cc1. The Morgan fingerprint density at radius 2 is 1.71 bits per heavy atom. The number of methoxy groups -OCH3 is 1. The van der Waals surface area contributed by atoms with E-state index in [1.54, 1.807) is 0 Å². The number of H-pyrrole nitrogens is 1. The van der Waals surface area contributed by atoms with Crippen LogP contribution < -0.4 is 5.32 Å². The molecule has 1 aromatic heterocycles. The lowest BCUT2D eigenvalue weighted by molar-refractivity contribution is -0.124. The molecule has 3 aromatic carbocycles. The van der Waals surface area contributed by atoms with Gasteiger partial charge in [-0.2, -0.15) is 0 Å². The quantitative estimate of drug-likeness (QED) is 0.395. The largest absolute Gasteiger partial charge is 0.494 e. The van der Waals surface area contributed by atoms with E-state index in [0.717, 1.165) is 27.7 Å². The normalized spacial score (nSPS) is 11.6. The van der Waals surface area contributed by atoms with Gasteiger partial charge in [0.1, 0.15) is 6.61 Å². The molecule has 0 fully saturated rings. The first-order chi connectivity index (χ1) is 15.2. The van der Waals surface area contributed by atoms with Crippen molar-refractivity contribution in [2.24, 2.45) is 4.99 Å². The number of hydrogen-bond acceptors (Lipinski definition) is 4. The highest BCUT2D eigenvalue weighted by atomic mass is 16.5. The molecule has 0 aliphatic carbocycles. The van der Waals surface area contributed by atoms with Gasteiger partial charge in [-0.15, -0.1) is 0 Å². The molecule has 0 atom stereocenters. The van der Waals surface area contributed by atoms with Crippen LogP contribution in [0.25, 0.3) is 10.9 Å². The Bertz CT molecular complexity index is 1210. The average Bonchev–Trinajstić information content (AvgIpc) is 3.13. The molecule has 6 nitrogen and oxygen atoms in total. The summed E-state index contributed by atoms with van der Waals surface area (Å²) in [5.74, 6) is -0.0768. The summed E-state index contributed by atoms with van der Waals surface area (Å²) in [7, 11) is 1.49. The maximum atomic E-state index is 11.6. The number of aromatic amines is 1. The highest BCUT2D eigenvalue weighted by Crippen LogP contribution is 2.31. The van der Waals surface area contributed by atoms with Crippen molar-refractivity contribution < 1.29 is 14.6 Å². The lowest BCUT2D eigenvalue weighted by Crippen LogP contribution is -2.26. The second kappa shape index (κ2) is 9.28. The van der Waals surface area contributed by atoms with E-state index in [1.807, 2.05) is 78.9 Å². The molecule has 0 saturated heterocycles. The third kappa shape index (κ3) is 4.65. The van der Waals surface area contributed by atoms with Gasteiger partial charge in [-0.3, -0.25) is 4.79 Å². The second-order valence-electron chi connectivity index (χ2n) is 7.10. The molecule has 6 heteroatoms. The Morgan fingerprint density at radius 1 is 1.00 bits per heavy atom. The van der Waals surface area contributed by atoms with Crippen molar-refractivity contribution in [1.29, 1.82) is 0 Å². The number of aromatic nitrogens is 1. The van der Waals surface area contributed by atoms with Gasteiger partial charge >= 0.3 is 0 Å². The summed E-state index contributed by atoms with van der Waals surface area (Å²) in [5, 5.41) is 14.4. The fourth-order valence-electron chi connectivity index (χ4n) is 3.43. The maximum Gasteiger partial charge on any atom is 0.246 e. The van der Waals surface area contributed by atoms with Crippen LogP contribution in [0.5, 0.6) is 5.88 Å². The molecule has 1 heterocycles. The second-order valence-corrected chi connectivity index (χ2v) is 7.10. The number of aliphatic imine (C=N–C) groups is 1. The molecule has 0 aliphatic rings. The maximum absolute atomic E-state index is 11.6. The van der Waals surface area contributed by atoms with E-state index in [0.29, 0.717) is 17.8 Å². The van der Waals surface area contributed by atoms with E-state index in [4.69, 9.17) is 9.73 Å². The third-order valence-electron chi connectivity index (χ3n) is 4.91. The van der Waals surface area contributed by atoms with E-state index < -0.39 is 0 Å². The van der Waals surface area contributed by atoms with Crippen LogP contribution in [-0.4, -0.2) is 35.4 Å². The molecule has 0 unspecified atom stereocenters. The molecular weight excluding hydrogens is 390 g/mol. The lowest BCUT2D eigenvalue weighted by Gasteiger charge is -2.09. The monoisotopic (exact) mass is 413 g/mol. The van der Waals surface area contributed by atoms with E-state index in [9.17, 15) is 9.90 Å². The summed E-state index contributed by atoms with van der Waals surface area (Å²) in [5.41, 5.74) is 4.80. The molecule has 0 radical (unpaired) electrons. The molecular formula is C25H23N3O3. The van der Waals surface area contributed by atoms with Crippen molar-refractivity contribution in [3.63, 3.8) is 0 Å². The van der Waals surface area contributed by atoms with Gasteiger partial charge in [0.15, 0.2) is 5.88 Å². The smallest absolute Gasteiger partial charge is 0.246 e. The fourth-order valence-corrected chi connectivity index (χ4v) is 3.43. The van der Waals surface area contributed by atoms with E-state index in [-0.39, 0.29) is 18.4 Å².